The van der Waals surface area contributed by atoms with Crippen molar-refractivity contribution in [3.8, 4) is 57.1 Å². The Morgan fingerprint density at radius 2 is 1.12 bits per heavy atom. The number of aromatic hydroxyl groups is 1. The molecule has 0 unspecified atom stereocenters. The van der Waals surface area contributed by atoms with Gasteiger partial charge >= 0.3 is 0 Å². The number of hydrogen-bond acceptors (Lipinski definition) is 5. The summed E-state index contributed by atoms with van der Waals surface area (Å²) in [7, 11) is 0. The van der Waals surface area contributed by atoms with E-state index in [1.54, 1.807) is 36.4 Å². The van der Waals surface area contributed by atoms with Crippen molar-refractivity contribution in [3.63, 3.8) is 0 Å². The van der Waals surface area contributed by atoms with Gasteiger partial charge in [-0.3, -0.25) is 0 Å². The van der Waals surface area contributed by atoms with E-state index in [9.17, 15) is 10.4 Å². The van der Waals surface area contributed by atoms with Gasteiger partial charge in [0.2, 0.25) is 0 Å². The zero-order valence-corrected chi connectivity index (χ0v) is 17.6. The smallest absolute Gasteiger partial charge is 0.167 e. The van der Waals surface area contributed by atoms with Crippen LogP contribution in [0.2, 0.25) is 0 Å². The van der Waals surface area contributed by atoms with Gasteiger partial charge in [0.15, 0.2) is 17.5 Å². The minimum Gasteiger partial charge on any atom is -0.507 e. The van der Waals surface area contributed by atoms with E-state index in [0.29, 0.717) is 34.2 Å². The molecule has 0 bridgehead atoms. The number of phenolic OH excluding ortho intramolecular Hbond substituents is 1. The van der Waals surface area contributed by atoms with Crippen LogP contribution in [0.4, 0.5) is 0 Å². The van der Waals surface area contributed by atoms with Crippen molar-refractivity contribution >= 4 is 0 Å². The molecule has 0 aliphatic rings. The summed E-state index contributed by atoms with van der Waals surface area (Å²) in [4.78, 5) is 14.0. The molecule has 0 aliphatic heterocycles. The summed E-state index contributed by atoms with van der Waals surface area (Å²) in [5, 5.41) is 19.7. The minimum atomic E-state index is 0.0887. The topological polar surface area (TPSA) is 82.7 Å². The molecule has 4 aromatic carbocycles. The van der Waals surface area contributed by atoms with Crippen LogP contribution in [0.1, 0.15) is 5.56 Å². The molecule has 0 atom stereocenters. The lowest BCUT2D eigenvalue weighted by atomic mass is 10.0. The average Bonchev–Trinajstić information content (AvgIpc) is 2.89. The maximum atomic E-state index is 10.4. The second kappa shape index (κ2) is 8.74. The second-order valence-electron chi connectivity index (χ2n) is 7.46. The fourth-order valence-corrected chi connectivity index (χ4v) is 3.59. The molecule has 0 fully saturated rings. The van der Waals surface area contributed by atoms with Gasteiger partial charge in [0.05, 0.1) is 17.2 Å². The van der Waals surface area contributed by atoms with Crippen LogP contribution >= 0.6 is 0 Å². The van der Waals surface area contributed by atoms with Crippen LogP contribution in [0.5, 0.6) is 5.75 Å². The highest BCUT2D eigenvalue weighted by molar-refractivity contribution is 5.72. The molecule has 0 spiro atoms. The molecule has 5 heteroatoms. The largest absolute Gasteiger partial charge is 0.507 e. The lowest BCUT2D eigenvalue weighted by Gasteiger charge is -2.10. The molecule has 0 saturated carbocycles. The molecule has 5 rings (SSSR count). The van der Waals surface area contributed by atoms with Crippen molar-refractivity contribution in [3.05, 3.63) is 109 Å². The normalized spacial score (nSPS) is 10.5. The Morgan fingerprint density at radius 3 is 1.85 bits per heavy atom. The Labute approximate surface area is 191 Å². The van der Waals surface area contributed by atoms with Crippen LogP contribution < -0.4 is 0 Å². The maximum Gasteiger partial charge on any atom is 0.167 e. The predicted octanol–water partition coefficient (Wildman–Crippen LogP) is 6.12. The van der Waals surface area contributed by atoms with E-state index in [1.165, 1.54) is 0 Å². The van der Waals surface area contributed by atoms with Crippen molar-refractivity contribution in [1.82, 2.24) is 15.0 Å². The Kier molecular flexibility index (Phi) is 5.32. The lowest BCUT2D eigenvalue weighted by molar-refractivity contribution is 0.477. The molecule has 33 heavy (non-hydrogen) atoms. The summed E-state index contributed by atoms with van der Waals surface area (Å²) < 4.78 is 0. The standard InChI is InChI=1S/C28H18N4O/c29-18-19-7-6-10-23(17-19)27-30-26(31-28(32-27)24-11-4-5-12-25(24)33)22-15-13-21(14-16-22)20-8-2-1-3-9-20/h1-17,33H. The molecule has 0 aliphatic carbocycles. The molecule has 5 aromatic rings. The van der Waals surface area contributed by atoms with Crippen LogP contribution in [0, 0.1) is 11.3 Å². The first-order valence-electron chi connectivity index (χ1n) is 10.4. The van der Waals surface area contributed by atoms with E-state index in [-0.39, 0.29) is 5.75 Å². The third-order valence-corrected chi connectivity index (χ3v) is 5.28. The van der Waals surface area contributed by atoms with Gasteiger partial charge < -0.3 is 5.11 Å². The highest BCUT2D eigenvalue weighted by atomic mass is 16.3. The van der Waals surface area contributed by atoms with Crippen LogP contribution in [-0.2, 0) is 0 Å². The molecule has 1 heterocycles. The van der Waals surface area contributed by atoms with Gasteiger partial charge in [0.25, 0.3) is 0 Å². The highest BCUT2D eigenvalue weighted by Gasteiger charge is 2.14. The van der Waals surface area contributed by atoms with Crippen molar-refractivity contribution in [2.24, 2.45) is 0 Å². The monoisotopic (exact) mass is 426 g/mol. The van der Waals surface area contributed by atoms with Crippen molar-refractivity contribution in [1.29, 1.82) is 5.26 Å². The Morgan fingerprint density at radius 1 is 0.545 bits per heavy atom. The summed E-state index contributed by atoms with van der Waals surface area (Å²) in [6.45, 7) is 0. The van der Waals surface area contributed by atoms with E-state index < -0.39 is 0 Å². The van der Waals surface area contributed by atoms with E-state index in [1.807, 2.05) is 54.6 Å². The average molecular weight is 426 g/mol. The number of phenols is 1. The van der Waals surface area contributed by atoms with Crippen molar-refractivity contribution in [2.75, 3.05) is 0 Å². The quantitative estimate of drug-likeness (QED) is 0.374. The molecule has 0 saturated heterocycles. The van der Waals surface area contributed by atoms with Gasteiger partial charge in [0.1, 0.15) is 5.75 Å². The summed E-state index contributed by atoms with van der Waals surface area (Å²) in [6.07, 6.45) is 0. The Balaban J connectivity index is 1.64. The highest BCUT2D eigenvalue weighted by Crippen LogP contribution is 2.30. The first-order chi connectivity index (χ1) is 16.2. The first-order valence-corrected chi connectivity index (χ1v) is 10.4. The van der Waals surface area contributed by atoms with E-state index >= 15 is 0 Å². The number of rotatable bonds is 4. The fraction of sp³-hybridized carbons (Fsp3) is 0. The number of para-hydroxylation sites is 1. The van der Waals surface area contributed by atoms with Gasteiger partial charge in [-0.1, -0.05) is 78.9 Å². The van der Waals surface area contributed by atoms with E-state index in [4.69, 9.17) is 4.98 Å². The molecule has 0 radical (unpaired) electrons. The number of nitrogens with zero attached hydrogens (tertiary/aromatic N) is 4. The number of hydrogen-bond donors (Lipinski definition) is 1. The van der Waals surface area contributed by atoms with Gasteiger partial charge in [-0.25, -0.2) is 15.0 Å². The van der Waals surface area contributed by atoms with Crippen molar-refractivity contribution in [2.45, 2.75) is 0 Å². The van der Waals surface area contributed by atoms with Gasteiger partial charge in [-0.2, -0.15) is 5.26 Å². The predicted molar refractivity (Wildman–Crippen MR) is 128 cm³/mol. The zero-order chi connectivity index (χ0) is 22.6. The van der Waals surface area contributed by atoms with Crippen LogP contribution in [-0.4, -0.2) is 20.1 Å². The molecule has 156 valence electrons. The maximum absolute atomic E-state index is 10.4. The summed E-state index contributed by atoms with van der Waals surface area (Å²) in [6, 6.07) is 34.4. The zero-order valence-electron chi connectivity index (χ0n) is 17.6. The van der Waals surface area contributed by atoms with Crippen LogP contribution in [0.25, 0.3) is 45.3 Å². The van der Waals surface area contributed by atoms with Gasteiger partial charge in [0, 0.05) is 11.1 Å². The SMILES string of the molecule is N#Cc1cccc(-c2nc(-c3ccc(-c4ccccc4)cc3)nc(-c3ccccc3O)n2)c1. The molecule has 5 nitrogen and oxygen atoms in total. The molecule has 1 N–H and O–H groups in total. The van der Waals surface area contributed by atoms with Crippen LogP contribution in [0.15, 0.2) is 103 Å². The van der Waals surface area contributed by atoms with Gasteiger partial charge in [-0.05, 0) is 35.4 Å². The molecular weight excluding hydrogens is 408 g/mol. The number of benzene rings is 4. The third-order valence-electron chi connectivity index (χ3n) is 5.28. The molecule has 0 amide bonds. The first kappa shape index (κ1) is 20.1. The summed E-state index contributed by atoms with van der Waals surface area (Å²) in [5.74, 6) is 1.37. The fourth-order valence-electron chi connectivity index (χ4n) is 3.59. The number of aromatic nitrogens is 3. The van der Waals surface area contributed by atoms with E-state index in [0.717, 1.165) is 16.7 Å². The van der Waals surface area contributed by atoms with Crippen LogP contribution in [0.3, 0.4) is 0 Å². The minimum absolute atomic E-state index is 0.0887. The summed E-state index contributed by atoms with van der Waals surface area (Å²) >= 11 is 0. The van der Waals surface area contributed by atoms with E-state index in [2.05, 4.69) is 28.2 Å². The third kappa shape index (κ3) is 4.18. The lowest BCUT2D eigenvalue weighted by Crippen LogP contribution is -2.00. The molecular formula is C28H18N4O. The Hall–Kier alpha value is -4.82. The molecule has 1 aromatic heterocycles. The Bertz CT molecular complexity index is 1470. The summed E-state index contributed by atoms with van der Waals surface area (Å²) in [5.41, 5.74) is 4.78. The van der Waals surface area contributed by atoms with Crippen molar-refractivity contribution < 1.29 is 5.11 Å². The second-order valence-corrected chi connectivity index (χ2v) is 7.46. The van der Waals surface area contributed by atoms with Gasteiger partial charge in [-0.15, -0.1) is 0 Å². The number of nitriles is 1.